The van der Waals surface area contributed by atoms with E-state index in [1.54, 1.807) is 27.4 Å². The molecule has 1 N–H and O–H groups in total. The van der Waals surface area contributed by atoms with Gasteiger partial charge in [-0.3, -0.25) is 9.59 Å². The van der Waals surface area contributed by atoms with E-state index in [0.29, 0.717) is 56.3 Å². The molecule has 7 nitrogen and oxygen atoms in total. The third kappa shape index (κ3) is 5.01. The fourth-order valence-corrected chi connectivity index (χ4v) is 6.84. The van der Waals surface area contributed by atoms with Gasteiger partial charge in [-0.1, -0.05) is 6.92 Å². The molecule has 1 saturated heterocycles. The van der Waals surface area contributed by atoms with Crippen LogP contribution in [0.5, 0.6) is 0 Å². The molecule has 2 heterocycles. The van der Waals surface area contributed by atoms with Crippen LogP contribution in [0.4, 0.5) is 5.69 Å². The van der Waals surface area contributed by atoms with E-state index in [2.05, 4.69) is 12.2 Å². The highest BCUT2D eigenvalue weighted by Gasteiger charge is 2.32. The average molecular weight is 462 g/mol. The number of benzene rings is 1. The van der Waals surface area contributed by atoms with Gasteiger partial charge < -0.3 is 10.2 Å². The second-order valence-electron chi connectivity index (χ2n) is 9.79. The van der Waals surface area contributed by atoms with Gasteiger partial charge >= 0.3 is 0 Å². The first-order valence-electron chi connectivity index (χ1n) is 11.9. The monoisotopic (exact) mass is 461 g/mol. The number of carbonyl (C=O) groups excluding carboxylic acids is 2. The number of fused-ring (bicyclic) bond motifs is 1. The Morgan fingerprint density at radius 2 is 1.72 bits per heavy atom. The summed E-state index contributed by atoms with van der Waals surface area (Å²) in [6.07, 6.45) is 7.06. The van der Waals surface area contributed by atoms with E-state index in [1.165, 1.54) is 19.8 Å². The molecule has 1 aliphatic carbocycles. The number of rotatable bonds is 5. The molecule has 2 fully saturated rings. The minimum Gasteiger partial charge on any atom is -0.353 e. The Hall–Kier alpha value is -1.93. The van der Waals surface area contributed by atoms with Crippen LogP contribution in [0.25, 0.3) is 0 Å². The number of hydrogen-bond donors (Lipinski definition) is 1. The first kappa shape index (κ1) is 23.2. The molecular formula is C24H35N3O4S. The highest BCUT2D eigenvalue weighted by Crippen LogP contribution is 2.32. The molecule has 176 valence electrons. The van der Waals surface area contributed by atoms with Crippen molar-refractivity contribution in [2.45, 2.75) is 76.2 Å². The summed E-state index contributed by atoms with van der Waals surface area (Å²) in [7, 11) is -3.57. The van der Waals surface area contributed by atoms with Gasteiger partial charge in [0.1, 0.15) is 0 Å². The third-order valence-electron chi connectivity index (χ3n) is 7.39. The fourth-order valence-electron chi connectivity index (χ4n) is 5.32. The summed E-state index contributed by atoms with van der Waals surface area (Å²) in [6.45, 7) is 5.28. The molecule has 8 heteroatoms. The first-order chi connectivity index (χ1) is 15.2. The Labute approximate surface area is 191 Å². The summed E-state index contributed by atoms with van der Waals surface area (Å²) in [5, 5.41) is 3.19. The lowest BCUT2D eigenvalue weighted by Crippen LogP contribution is -2.41. The average Bonchev–Trinajstić information content (AvgIpc) is 3.19. The van der Waals surface area contributed by atoms with Crippen LogP contribution in [-0.4, -0.2) is 50.2 Å². The fraction of sp³-hybridized carbons (Fsp3) is 0.667. The van der Waals surface area contributed by atoms with Crippen molar-refractivity contribution >= 4 is 27.5 Å². The zero-order valence-electron chi connectivity index (χ0n) is 19.2. The van der Waals surface area contributed by atoms with Crippen molar-refractivity contribution in [2.24, 2.45) is 11.8 Å². The van der Waals surface area contributed by atoms with E-state index in [1.807, 2.05) is 0 Å². The third-order valence-corrected chi connectivity index (χ3v) is 9.29. The van der Waals surface area contributed by atoms with Crippen LogP contribution in [0, 0.1) is 11.8 Å². The summed E-state index contributed by atoms with van der Waals surface area (Å²) in [5.41, 5.74) is 1.72. The van der Waals surface area contributed by atoms with E-state index in [0.717, 1.165) is 30.0 Å². The van der Waals surface area contributed by atoms with Crippen LogP contribution in [0.15, 0.2) is 23.1 Å². The smallest absolute Gasteiger partial charge is 0.243 e. The van der Waals surface area contributed by atoms with Crippen molar-refractivity contribution in [1.82, 2.24) is 9.62 Å². The van der Waals surface area contributed by atoms with Crippen molar-refractivity contribution in [1.29, 1.82) is 0 Å². The van der Waals surface area contributed by atoms with E-state index in [4.69, 9.17) is 0 Å². The highest BCUT2D eigenvalue weighted by molar-refractivity contribution is 7.89. The lowest BCUT2D eigenvalue weighted by Gasteiger charge is -2.32. The van der Waals surface area contributed by atoms with Gasteiger partial charge in [0, 0.05) is 44.7 Å². The molecule has 0 aromatic heterocycles. The Balaban J connectivity index is 1.31. The van der Waals surface area contributed by atoms with Crippen LogP contribution >= 0.6 is 0 Å². The predicted octanol–water partition coefficient (Wildman–Crippen LogP) is 3.08. The zero-order valence-corrected chi connectivity index (χ0v) is 20.0. The summed E-state index contributed by atoms with van der Waals surface area (Å²) < 4.78 is 27.9. The molecule has 1 saturated carbocycles. The molecule has 4 rings (SSSR count). The maximum atomic E-state index is 13.2. The molecule has 0 unspecified atom stereocenters. The van der Waals surface area contributed by atoms with Crippen LogP contribution < -0.4 is 10.2 Å². The Morgan fingerprint density at radius 3 is 2.38 bits per heavy atom. The first-order valence-corrected chi connectivity index (χ1v) is 13.4. The molecule has 1 aromatic carbocycles. The van der Waals surface area contributed by atoms with Gasteiger partial charge in [-0.2, -0.15) is 4.31 Å². The van der Waals surface area contributed by atoms with E-state index >= 15 is 0 Å². The molecule has 32 heavy (non-hydrogen) atoms. The maximum Gasteiger partial charge on any atom is 0.243 e. The summed E-state index contributed by atoms with van der Waals surface area (Å²) in [4.78, 5) is 26.2. The molecule has 2 amide bonds. The number of carbonyl (C=O) groups is 2. The number of amides is 2. The summed E-state index contributed by atoms with van der Waals surface area (Å²) in [6, 6.07) is 5.38. The largest absolute Gasteiger partial charge is 0.353 e. The van der Waals surface area contributed by atoms with Gasteiger partial charge in [0.15, 0.2) is 0 Å². The molecule has 0 radical (unpaired) electrons. The lowest BCUT2D eigenvalue weighted by molar-refractivity contribution is -0.123. The van der Waals surface area contributed by atoms with Crippen molar-refractivity contribution in [3.63, 3.8) is 0 Å². The standard InChI is InChI=1S/C24H35N3O4S/c1-17-3-5-21(6-4-17)25-24(29)15-19-9-12-26(13-10-19)32(30,31)22-7-8-23-20(16-22)11-14-27(23)18(2)28/h7-8,16-17,19,21H,3-6,9-15H2,1-2H3,(H,25,29). The molecule has 3 aliphatic rings. The number of nitrogens with one attached hydrogen (secondary N) is 1. The normalized spacial score (nSPS) is 24.9. The SMILES string of the molecule is CC(=O)N1CCc2cc(S(=O)(=O)N3CCC(CC(=O)NC4CCC(C)CC4)CC3)ccc21. The van der Waals surface area contributed by atoms with Gasteiger partial charge in [0.05, 0.1) is 4.90 Å². The van der Waals surface area contributed by atoms with Crippen molar-refractivity contribution in [2.75, 3.05) is 24.5 Å². The Bertz CT molecular complexity index is 961. The quantitative estimate of drug-likeness (QED) is 0.730. The van der Waals surface area contributed by atoms with E-state index in [-0.39, 0.29) is 17.7 Å². The number of piperidine rings is 1. The van der Waals surface area contributed by atoms with Crippen molar-refractivity contribution in [3.05, 3.63) is 23.8 Å². The second kappa shape index (κ2) is 9.51. The molecule has 0 atom stereocenters. The zero-order chi connectivity index (χ0) is 22.9. The Morgan fingerprint density at radius 1 is 1.03 bits per heavy atom. The second-order valence-corrected chi connectivity index (χ2v) is 11.7. The van der Waals surface area contributed by atoms with E-state index in [9.17, 15) is 18.0 Å². The molecule has 0 spiro atoms. The van der Waals surface area contributed by atoms with Crippen molar-refractivity contribution in [3.8, 4) is 0 Å². The number of anilines is 1. The lowest BCUT2D eigenvalue weighted by atomic mass is 9.87. The molecule has 1 aromatic rings. The number of hydrogen-bond acceptors (Lipinski definition) is 4. The van der Waals surface area contributed by atoms with E-state index < -0.39 is 10.0 Å². The van der Waals surface area contributed by atoms with Gasteiger partial charge in [-0.25, -0.2) is 8.42 Å². The van der Waals surface area contributed by atoms with Gasteiger partial charge in [0.2, 0.25) is 21.8 Å². The summed E-state index contributed by atoms with van der Waals surface area (Å²) >= 11 is 0. The minimum atomic E-state index is -3.57. The predicted molar refractivity (Wildman–Crippen MR) is 124 cm³/mol. The molecule has 2 aliphatic heterocycles. The Kier molecular flexibility index (Phi) is 6.91. The van der Waals surface area contributed by atoms with Crippen molar-refractivity contribution < 1.29 is 18.0 Å². The number of sulfonamides is 1. The highest BCUT2D eigenvalue weighted by atomic mass is 32.2. The summed E-state index contributed by atoms with van der Waals surface area (Å²) in [5.74, 6) is 1.07. The van der Waals surface area contributed by atoms with Crippen LogP contribution in [0.2, 0.25) is 0 Å². The molecular weight excluding hydrogens is 426 g/mol. The number of nitrogens with zero attached hydrogens (tertiary/aromatic N) is 2. The van der Waals surface area contributed by atoms with Crippen LogP contribution in [0.1, 0.15) is 64.4 Å². The molecule has 0 bridgehead atoms. The van der Waals surface area contributed by atoms with Gasteiger partial charge in [-0.15, -0.1) is 0 Å². The van der Waals surface area contributed by atoms with Gasteiger partial charge in [-0.05, 0) is 80.5 Å². The maximum absolute atomic E-state index is 13.2. The van der Waals surface area contributed by atoms with Crippen LogP contribution in [-0.2, 0) is 26.0 Å². The minimum absolute atomic E-state index is 0.0245. The van der Waals surface area contributed by atoms with Crippen LogP contribution in [0.3, 0.4) is 0 Å². The van der Waals surface area contributed by atoms with Gasteiger partial charge in [0.25, 0.3) is 0 Å². The topological polar surface area (TPSA) is 86.8 Å².